The average Bonchev–Trinajstić information content (AvgIpc) is 2.90. The van der Waals surface area contributed by atoms with Crippen LogP contribution in [0, 0.1) is 0 Å². The van der Waals surface area contributed by atoms with Gasteiger partial charge < -0.3 is 9.84 Å². The van der Waals surface area contributed by atoms with Crippen molar-refractivity contribution in [2.24, 2.45) is 0 Å². The van der Waals surface area contributed by atoms with Gasteiger partial charge in [-0.25, -0.2) is 4.79 Å². The lowest BCUT2D eigenvalue weighted by Crippen LogP contribution is -2.40. The molecule has 3 amide bonds. The Morgan fingerprint density at radius 3 is 2.54 bits per heavy atom. The third-order valence-electron chi connectivity index (χ3n) is 4.56. The maximum Gasteiger partial charge on any atom is 0.332 e. The molecule has 3 rings (SSSR count). The smallest absolute Gasteiger partial charge is 0.332 e. The van der Waals surface area contributed by atoms with Crippen LogP contribution in [0.3, 0.4) is 0 Å². The molecule has 0 bridgehead atoms. The number of ether oxygens (including phenoxy) is 1. The van der Waals surface area contributed by atoms with Gasteiger partial charge in [0.25, 0.3) is 5.91 Å². The van der Waals surface area contributed by atoms with Crippen molar-refractivity contribution in [1.82, 2.24) is 4.90 Å². The van der Waals surface area contributed by atoms with Crippen LogP contribution in [0.2, 0.25) is 0 Å². The van der Waals surface area contributed by atoms with E-state index in [4.69, 9.17) is 4.74 Å². The van der Waals surface area contributed by atoms with E-state index in [2.05, 4.69) is 0 Å². The predicted octanol–water partition coefficient (Wildman–Crippen LogP) is 2.49. The molecule has 2 atom stereocenters. The first kappa shape index (κ1) is 19.6. The minimum absolute atomic E-state index is 0.0887. The zero-order valence-electron chi connectivity index (χ0n) is 15.7. The molecule has 2 aromatic rings. The Morgan fingerprint density at radius 2 is 1.86 bits per heavy atom. The first-order valence-electron chi connectivity index (χ1n) is 9.00. The number of nitrogens with zero attached hydrogens (tertiary/aromatic N) is 2. The van der Waals surface area contributed by atoms with E-state index >= 15 is 0 Å². The average molecular weight is 382 g/mol. The Labute approximate surface area is 163 Å². The number of Topliss-reactive ketones (excluding diaryl/α,β-unsaturated/α-hetero) is 1. The van der Waals surface area contributed by atoms with Crippen LogP contribution in [-0.4, -0.2) is 53.0 Å². The summed E-state index contributed by atoms with van der Waals surface area (Å²) in [6.45, 7) is 2.83. The fraction of sp³-hybridized carbons (Fsp3) is 0.286. The topological polar surface area (TPSA) is 87.2 Å². The molecule has 146 valence electrons. The van der Waals surface area contributed by atoms with E-state index in [-0.39, 0.29) is 24.8 Å². The van der Waals surface area contributed by atoms with E-state index in [0.29, 0.717) is 17.0 Å². The van der Waals surface area contributed by atoms with Gasteiger partial charge in [-0.3, -0.25) is 19.4 Å². The largest absolute Gasteiger partial charge is 0.491 e. The highest BCUT2D eigenvalue weighted by molar-refractivity contribution is 6.14. The van der Waals surface area contributed by atoms with Crippen molar-refractivity contribution in [2.45, 2.75) is 26.0 Å². The fourth-order valence-electron chi connectivity index (χ4n) is 3.08. The van der Waals surface area contributed by atoms with Crippen molar-refractivity contribution in [3.63, 3.8) is 0 Å². The first-order valence-corrected chi connectivity index (χ1v) is 9.00. The number of ketones is 1. The standard InChI is InChI=1S/C21H22N2O5/c1-14-20(26)22(21(27)23(14)17-8-4-3-5-9-17)12-18(25)13-28-19-10-6-7-16(11-19)15(2)24/h3-11,14,18,25H,12-13H2,1-2H3. The van der Waals surface area contributed by atoms with Gasteiger partial charge in [0, 0.05) is 11.3 Å². The van der Waals surface area contributed by atoms with E-state index in [1.54, 1.807) is 55.5 Å². The number of hydrogen-bond donors (Lipinski definition) is 1. The third kappa shape index (κ3) is 4.04. The molecule has 1 saturated heterocycles. The zero-order chi connectivity index (χ0) is 20.3. The summed E-state index contributed by atoms with van der Waals surface area (Å²) in [6.07, 6.45) is -1.06. The summed E-state index contributed by atoms with van der Waals surface area (Å²) in [4.78, 5) is 39.1. The number of imide groups is 1. The van der Waals surface area contributed by atoms with Crippen molar-refractivity contribution in [1.29, 1.82) is 0 Å². The van der Waals surface area contributed by atoms with Crippen molar-refractivity contribution in [3.8, 4) is 5.75 Å². The van der Waals surface area contributed by atoms with Crippen LogP contribution in [0.15, 0.2) is 54.6 Å². The molecule has 1 N–H and O–H groups in total. The van der Waals surface area contributed by atoms with Gasteiger partial charge in [0.05, 0.1) is 6.54 Å². The number of rotatable bonds is 7. The van der Waals surface area contributed by atoms with Crippen molar-refractivity contribution >= 4 is 23.4 Å². The maximum atomic E-state index is 12.7. The molecule has 28 heavy (non-hydrogen) atoms. The Morgan fingerprint density at radius 1 is 1.14 bits per heavy atom. The van der Waals surface area contributed by atoms with Gasteiger partial charge in [0.1, 0.15) is 24.5 Å². The number of aliphatic hydroxyl groups excluding tert-OH is 1. The molecule has 0 aromatic heterocycles. The monoisotopic (exact) mass is 382 g/mol. The van der Waals surface area contributed by atoms with Gasteiger partial charge in [-0.1, -0.05) is 30.3 Å². The van der Waals surface area contributed by atoms with E-state index in [9.17, 15) is 19.5 Å². The molecule has 1 aliphatic heterocycles. The van der Waals surface area contributed by atoms with Gasteiger partial charge >= 0.3 is 6.03 Å². The van der Waals surface area contributed by atoms with Crippen LogP contribution < -0.4 is 9.64 Å². The van der Waals surface area contributed by atoms with Gasteiger partial charge in [0.15, 0.2) is 5.78 Å². The van der Waals surface area contributed by atoms with E-state index in [1.165, 1.54) is 11.8 Å². The second-order valence-electron chi connectivity index (χ2n) is 6.66. The number of β-amino-alcohol motifs (C(OH)–C–C–N with tert-alkyl or cyclic N) is 1. The first-order chi connectivity index (χ1) is 13.4. The SMILES string of the molecule is CC(=O)c1cccc(OCC(O)CN2C(=O)C(C)N(c3ccccc3)C2=O)c1. The summed E-state index contributed by atoms with van der Waals surface area (Å²) in [6, 6.07) is 14.4. The van der Waals surface area contributed by atoms with Crippen LogP contribution in [-0.2, 0) is 4.79 Å². The molecule has 0 saturated carbocycles. The number of anilines is 1. The molecule has 0 radical (unpaired) electrons. The highest BCUT2D eigenvalue weighted by Crippen LogP contribution is 2.25. The summed E-state index contributed by atoms with van der Waals surface area (Å²) in [5.41, 5.74) is 1.13. The zero-order valence-corrected chi connectivity index (χ0v) is 15.7. The predicted molar refractivity (Wildman–Crippen MR) is 103 cm³/mol. The Bertz CT molecular complexity index is 883. The summed E-state index contributed by atoms with van der Waals surface area (Å²) >= 11 is 0. The molecule has 2 unspecified atom stereocenters. The Kier molecular flexibility index (Phi) is 5.75. The van der Waals surface area contributed by atoms with Crippen molar-refractivity contribution in [3.05, 3.63) is 60.2 Å². The second-order valence-corrected chi connectivity index (χ2v) is 6.66. The molecule has 1 heterocycles. The molecule has 1 aliphatic rings. The van der Waals surface area contributed by atoms with Crippen LogP contribution in [0.4, 0.5) is 10.5 Å². The number of urea groups is 1. The van der Waals surface area contributed by atoms with Crippen LogP contribution in [0.1, 0.15) is 24.2 Å². The Balaban J connectivity index is 1.63. The number of hydrogen-bond acceptors (Lipinski definition) is 5. The number of amides is 3. The summed E-state index contributed by atoms with van der Waals surface area (Å²) in [7, 11) is 0. The van der Waals surface area contributed by atoms with Gasteiger partial charge in [0.2, 0.25) is 0 Å². The lowest BCUT2D eigenvalue weighted by atomic mass is 10.1. The van der Waals surface area contributed by atoms with Crippen LogP contribution >= 0.6 is 0 Å². The molecular formula is C21H22N2O5. The fourth-order valence-corrected chi connectivity index (χ4v) is 3.08. The molecule has 2 aromatic carbocycles. The van der Waals surface area contributed by atoms with E-state index < -0.39 is 18.2 Å². The minimum atomic E-state index is -1.06. The molecule has 7 heteroatoms. The molecule has 7 nitrogen and oxygen atoms in total. The van der Waals surface area contributed by atoms with Gasteiger partial charge in [-0.05, 0) is 38.1 Å². The second kappa shape index (κ2) is 8.22. The van der Waals surface area contributed by atoms with Crippen molar-refractivity contribution in [2.75, 3.05) is 18.1 Å². The number of benzene rings is 2. The van der Waals surface area contributed by atoms with E-state index in [1.807, 2.05) is 6.07 Å². The highest BCUT2D eigenvalue weighted by Gasteiger charge is 2.43. The number of para-hydroxylation sites is 1. The molecule has 0 spiro atoms. The van der Waals surface area contributed by atoms with Crippen molar-refractivity contribution < 1.29 is 24.2 Å². The van der Waals surface area contributed by atoms with Gasteiger partial charge in [-0.15, -0.1) is 0 Å². The van der Waals surface area contributed by atoms with E-state index in [0.717, 1.165) is 4.90 Å². The Hall–Kier alpha value is -3.19. The summed E-state index contributed by atoms with van der Waals surface area (Å²) in [5.74, 6) is -0.0224. The lowest BCUT2D eigenvalue weighted by molar-refractivity contribution is -0.128. The molecular weight excluding hydrogens is 360 g/mol. The molecule has 1 fully saturated rings. The molecule has 0 aliphatic carbocycles. The quantitative estimate of drug-likeness (QED) is 0.587. The van der Waals surface area contributed by atoms with Crippen LogP contribution in [0.5, 0.6) is 5.75 Å². The third-order valence-corrected chi connectivity index (χ3v) is 4.56. The summed E-state index contributed by atoms with van der Waals surface area (Å²) in [5, 5.41) is 10.3. The maximum absolute atomic E-state index is 12.7. The lowest BCUT2D eigenvalue weighted by Gasteiger charge is -2.20. The minimum Gasteiger partial charge on any atom is -0.491 e. The number of carbonyl (C=O) groups excluding carboxylic acids is 3. The van der Waals surface area contributed by atoms with Crippen LogP contribution in [0.25, 0.3) is 0 Å². The highest BCUT2D eigenvalue weighted by atomic mass is 16.5. The van der Waals surface area contributed by atoms with Gasteiger partial charge in [-0.2, -0.15) is 0 Å². The normalized spacial score (nSPS) is 17.8. The number of aliphatic hydroxyl groups is 1. The number of carbonyl (C=O) groups is 3. The summed E-state index contributed by atoms with van der Waals surface area (Å²) < 4.78 is 5.51.